The van der Waals surface area contributed by atoms with Gasteiger partial charge in [-0.05, 0) is 45.3 Å². The number of furan rings is 1. The highest BCUT2D eigenvalue weighted by molar-refractivity contribution is 5.20. The Morgan fingerprint density at radius 1 is 1.53 bits per heavy atom. The number of hydrogen-bond acceptors (Lipinski definition) is 4. The standard InChI is InChI=1S/C15H26N2O2/c1-12-14(8-16-2)7-15(19-12)10-17-6-4-5-13(9-17)11-18-3/h7,13,16H,4-6,8-11H2,1-3H3. The maximum atomic E-state index is 5.85. The molecule has 19 heavy (non-hydrogen) atoms. The molecule has 108 valence electrons. The van der Waals surface area contributed by atoms with Crippen molar-refractivity contribution in [3.05, 3.63) is 23.2 Å². The predicted molar refractivity (Wildman–Crippen MR) is 76.1 cm³/mol. The number of piperidine rings is 1. The van der Waals surface area contributed by atoms with Gasteiger partial charge in [-0.2, -0.15) is 0 Å². The van der Waals surface area contributed by atoms with Crippen LogP contribution in [0.2, 0.25) is 0 Å². The van der Waals surface area contributed by atoms with Gasteiger partial charge in [0.05, 0.1) is 13.2 Å². The summed E-state index contributed by atoms with van der Waals surface area (Å²) in [7, 11) is 3.75. The summed E-state index contributed by atoms with van der Waals surface area (Å²) in [6, 6.07) is 2.19. The lowest BCUT2D eigenvalue weighted by atomic mass is 9.99. The maximum absolute atomic E-state index is 5.85. The third-order valence-electron chi connectivity index (χ3n) is 3.82. The van der Waals surface area contributed by atoms with Gasteiger partial charge in [-0.15, -0.1) is 0 Å². The quantitative estimate of drug-likeness (QED) is 0.856. The van der Waals surface area contributed by atoms with Crippen LogP contribution in [-0.4, -0.2) is 38.8 Å². The van der Waals surface area contributed by atoms with Crippen LogP contribution in [0, 0.1) is 12.8 Å². The number of hydrogen-bond donors (Lipinski definition) is 1. The average Bonchev–Trinajstić information content (AvgIpc) is 2.71. The Morgan fingerprint density at radius 2 is 2.37 bits per heavy atom. The monoisotopic (exact) mass is 266 g/mol. The van der Waals surface area contributed by atoms with E-state index in [1.165, 1.54) is 24.9 Å². The minimum absolute atomic E-state index is 0.673. The van der Waals surface area contributed by atoms with Crippen LogP contribution in [0.25, 0.3) is 0 Å². The summed E-state index contributed by atoms with van der Waals surface area (Å²) >= 11 is 0. The Labute approximate surface area is 116 Å². The highest BCUT2D eigenvalue weighted by atomic mass is 16.5. The lowest BCUT2D eigenvalue weighted by Gasteiger charge is -2.31. The number of methoxy groups -OCH3 is 1. The first-order valence-electron chi connectivity index (χ1n) is 7.17. The Morgan fingerprint density at radius 3 is 3.11 bits per heavy atom. The molecule has 1 aromatic rings. The lowest BCUT2D eigenvalue weighted by molar-refractivity contribution is 0.0839. The molecule has 0 spiro atoms. The molecule has 0 saturated carbocycles. The Hall–Kier alpha value is -0.840. The van der Waals surface area contributed by atoms with Crippen LogP contribution >= 0.6 is 0 Å². The summed E-state index contributed by atoms with van der Waals surface area (Å²) in [5.74, 6) is 2.79. The van der Waals surface area contributed by atoms with Gasteiger partial charge in [-0.1, -0.05) is 0 Å². The molecule has 0 aliphatic carbocycles. The van der Waals surface area contributed by atoms with E-state index in [0.717, 1.165) is 37.8 Å². The summed E-state index contributed by atoms with van der Waals surface area (Å²) < 4.78 is 11.1. The zero-order chi connectivity index (χ0) is 13.7. The van der Waals surface area contributed by atoms with E-state index in [4.69, 9.17) is 9.15 Å². The van der Waals surface area contributed by atoms with E-state index in [1.807, 2.05) is 14.0 Å². The molecule has 4 nitrogen and oxygen atoms in total. The van der Waals surface area contributed by atoms with Gasteiger partial charge in [0, 0.05) is 25.8 Å². The van der Waals surface area contributed by atoms with E-state index in [-0.39, 0.29) is 0 Å². The number of ether oxygens (including phenoxy) is 1. The second-order valence-electron chi connectivity index (χ2n) is 5.52. The first kappa shape index (κ1) is 14.6. The van der Waals surface area contributed by atoms with Crippen molar-refractivity contribution in [1.82, 2.24) is 10.2 Å². The Kier molecular flexibility index (Phi) is 5.43. The van der Waals surface area contributed by atoms with Crippen molar-refractivity contribution < 1.29 is 9.15 Å². The van der Waals surface area contributed by atoms with Crippen LogP contribution in [0.15, 0.2) is 10.5 Å². The first-order valence-corrected chi connectivity index (χ1v) is 7.17. The summed E-state index contributed by atoms with van der Waals surface area (Å²) in [6.45, 7) is 7.00. The van der Waals surface area contributed by atoms with Gasteiger partial charge in [0.1, 0.15) is 11.5 Å². The largest absolute Gasteiger partial charge is 0.465 e. The van der Waals surface area contributed by atoms with Crippen molar-refractivity contribution in [2.75, 3.05) is 33.9 Å². The van der Waals surface area contributed by atoms with Gasteiger partial charge in [0.2, 0.25) is 0 Å². The van der Waals surface area contributed by atoms with Gasteiger partial charge < -0.3 is 14.5 Å². The molecule has 1 aliphatic heterocycles. The third-order valence-corrected chi connectivity index (χ3v) is 3.82. The molecule has 1 aromatic heterocycles. The minimum Gasteiger partial charge on any atom is -0.465 e. The molecule has 1 N–H and O–H groups in total. The molecule has 0 aromatic carbocycles. The Bertz CT molecular complexity index is 387. The maximum Gasteiger partial charge on any atom is 0.118 e. The SMILES string of the molecule is CNCc1cc(CN2CCCC(COC)C2)oc1C. The molecule has 0 radical (unpaired) electrons. The van der Waals surface area contributed by atoms with Gasteiger partial charge in [-0.25, -0.2) is 0 Å². The highest BCUT2D eigenvalue weighted by Gasteiger charge is 2.21. The number of nitrogens with one attached hydrogen (secondary N) is 1. The molecular formula is C15H26N2O2. The van der Waals surface area contributed by atoms with E-state index in [1.54, 1.807) is 7.11 Å². The molecule has 2 rings (SSSR count). The molecule has 1 saturated heterocycles. The third kappa shape index (κ3) is 4.06. The van der Waals surface area contributed by atoms with Gasteiger partial charge in [0.25, 0.3) is 0 Å². The van der Waals surface area contributed by atoms with Crippen molar-refractivity contribution in [2.24, 2.45) is 5.92 Å². The van der Waals surface area contributed by atoms with Crippen molar-refractivity contribution in [1.29, 1.82) is 0 Å². The van der Waals surface area contributed by atoms with Gasteiger partial charge in [0.15, 0.2) is 0 Å². The number of likely N-dealkylation sites (tertiary alicyclic amines) is 1. The zero-order valence-corrected chi connectivity index (χ0v) is 12.4. The van der Waals surface area contributed by atoms with Crippen LogP contribution in [0.5, 0.6) is 0 Å². The molecule has 2 heterocycles. The number of aryl methyl sites for hydroxylation is 1. The summed E-state index contributed by atoms with van der Waals surface area (Å²) in [5, 5.41) is 3.18. The van der Waals surface area contributed by atoms with Crippen molar-refractivity contribution >= 4 is 0 Å². The fourth-order valence-corrected chi connectivity index (χ4v) is 2.92. The second-order valence-corrected chi connectivity index (χ2v) is 5.52. The van der Waals surface area contributed by atoms with E-state index < -0.39 is 0 Å². The smallest absolute Gasteiger partial charge is 0.118 e. The summed E-state index contributed by atoms with van der Waals surface area (Å²) in [5.41, 5.74) is 1.27. The van der Waals surface area contributed by atoms with Crippen LogP contribution < -0.4 is 5.32 Å². The fourth-order valence-electron chi connectivity index (χ4n) is 2.92. The number of nitrogens with zero attached hydrogens (tertiary/aromatic N) is 1. The average molecular weight is 266 g/mol. The van der Waals surface area contributed by atoms with E-state index >= 15 is 0 Å². The topological polar surface area (TPSA) is 37.6 Å². The Balaban J connectivity index is 1.91. The molecule has 1 fully saturated rings. The molecular weight excluding hydrogens is 240 g/mol. The normalized spacial score (nSPS) is 20.9. The van der Waals surface area contributed by atoms with E-state index in [0.29, 0.717) is 5.92 Å². The van der Waals surface area contributed by atoms with Crippen LogP contribution in [0.4, 0.5) is 0 Å². The van der Waals surface area contributed by atoms with E-state index in [9.17, 15) is 0 Å². The van der Waals surface area contributed by atoms with Crippen molar-refractivity contribution in [2.45, 2.75) is 32.9 Å². The number of rotatable bonds is 6. The summed E-state index contributed by atoms with van der Waals surface area (Å²) in [6.07, 6.45) is 2.55. The van der Waals surface area contributed by atoms with E-state index in [2.05, 4.69) is 16.3 Å². The van der Waals surface area contributed by atoms with Crippen LogP contribution in [0.3, 0.4) is 0 Å². The lowest BCUT2D eigenvalue weighted by Crippen LogP contribution is -2.36. The molecule has 0 bridgehead atoms. The second kappa shape index (κ2) is 7.08. The molecule has 1 unspecified atom stereocenters. The predicted octanol–water partition coefficient (Wildman–Crippen LogP) is 2.17. The fraction of sp³-hybridized carbons (Fsp3) is 0.733. The molecule has 1 aliphatic rings. The minimum atomic E-state index is 0.673. The van der Waals surface area contributed by atoms with Crippen LogP contribution in [-0.2, 0) is 17.8 Å². The van der Waals surface area contributed by atoms with Crippen LogP contribution in [0.1, 0.15) is 29.9 Å². The van der Waals surface area contributed by atoms with Crippen molar-refractivity contribution in [3.8, 4) is 0 Å². The molecule has 0 amide bonds. The molecule has 1 atom stereocenters. The highest BCUT2D eigenvalue weighted by Crippen LogP contribution is 2.21. The molecule has 4 heteroatoms. The zero-order valence-electron chi connectivity index (χ0n) is 12.4. The summed E-state index contributed by atoms with van der Waals surface area (Å²) in [4.78, 5) is 2.48. The van der Waals surface area contributed by atoms with Crippen molar-refractivity contribution in [3.63, 3.8) is 0 Å². The first-order chi connectivity index (χ1) is 9.22. The van der Waals surface area contributed by atoms with Gasteiger partial charge in [-0.3, -0.25) is 4.90 Å². The van der Waals surface area contributed by atoms with Gasteiger partial charge >= 0.3 is 0 Å².